The number of carbonyl (C=O) groups excluding carboxylic acids is 1. The third kappa shape index (κ3) is 3.05. The van der Waals surface area contributed by atoms with Crippen molar-refractivity contribution < 1.29 is 4.79 Å². The highest BCUT2D eigenvalue weighted by molar-refractivity contribution is 5.83. The average Bonchev–Trinajstić information content (AvgIpc) is 3.06. The minimum Gasteiger partial charge on any atom is -0.396 e. The summed E-state index contributed by atoms with van der Waals surface area (Å²) in [6, 6.07) is 8.13. The molecular formula is C15H17N5O. The number of nitrogens with one attached hydrogen (secondary N) is 2. The summed E-state index contributed by atoms with van der Waals surface area (Å²) in [7, 11) is 0. The van der Waals surface area contributed by atoms with Crippen LogP contribution in [0, 0.1) is 0 Å². The predicted molar refractivity (Wildman–Crippen MR) is 81.7 cm³/mol. The molecule has 0 saturated carbocycles. The summed E-state index contributed by atoms with van der Waals surface area (Å²) in [6.07, 6.45) is 5.94. The van der Waals surface area contributed by atoms with E-state index in [4.69, 9.17) is 5.73 Å². The third-order valence-electron chi connectivity index (χ3n) is 3.35. The Labute approximate surface area is 121 Å². The first-order chi connectivity index (χ1) is 10.2. The molecule has 0 spiro atoms. The number of fused-ring (bicyclic) bond motifs is 1. The van der Waals surface area contributed by atoms with Gasteiger partial charge in [-0.1, -0.05) is 18.2 Å². The zero-order valence-corrected chi connectivity index (χ0v) is 11.5. The zero-order valence-electron chi connectivity index (χ0n) is 11.5. The highest BCUT2D eigenvalue weighted by Gasteiger charge is 2.05. The van der Waals surface area contributed by atoms with Crippen LogP contribution in [0.15, 0.2) is 42.9 Å². The SMILES string of the molecule is Nc1cnn(CC(=O)NCCc2c[nH]c3ccccc23)c1. The van der Waals surface area contributed by atoms with E-state index in [-0.39, 0.29) is 12.5 Å². The molecule has 0 aliphatic carbocycles. The highest BCUT2D eigenvalue weighted by Crippen LogP contribution is 2.17. The van der Waals surface area contributed by atoms with E-state index in [0.717, 1.165) is 11.9 Å². The number of benzene rings is 1. The molecule has 4 N–H and O–H groups in total. The summed E-state index contributed by atoms with van der Waals surface area (Å²) < 4.78 is 1.52. The van der Waals surface area contributed by atoms with Gasteiger partial charge in [0, 0.05) is 29.8 Å². The molecule has 1 amide bonds. The fourth-order valence-electron chi connectivity index (χ4n) is 2.34. The lowest BCUT2D eigenvalue weighted by Gasteiger charge is -2.05. The number of amides is 1. The molecule has 0 bridgehead atoms. The minimum absolute atomic E-state index is 0.0714. The Balaban J connectivity index is 1.53. The van der Waals surface area contributed by atoms with Gasteiger partial charge in [-0.05, 0) is 18.1 Å². The number of anilines is 1. The van der Waals surface area contributed by atoms with Crippen LogP contribution in [0.5, 0.6) is 0 Å². The molecule has 6 heteroatoms. The van der Waals surface area contributed by atoms with Gasteiger partial charge in [-0.2, -0.15) is 5.10 Å². The topological polar surface area (TPSA) is 88.7 Å². The number of hydrogen-bond acceptors (Lipinski definition) is 3. The molecule has 0 aliphatic heterocycles. The molecule has 0 unspecified atom stereocenters. The normalized spacial score (nSPS) is 10.9. The van der Waals surface area contributed by atoms with Crippen LogP contribution in [0.2, 0.25) is 0 Å². The van der Waals surface area contributed by atoms with Gasteiger partial charge in [-0.15, -0.1) is 0 Å². The maximum atomic E-state index is 11.8. The number of para-hydroxylation sites is 1. The molecule has 2 heterocycles. The molecule has 6 nitrogen and oxygen atoms in total. The molecule has 0 aliphatic rings. The number of nitrogens with zero attached hydrogens (tertiary/aromatic N) is 2. The average molecular weight is 283 g/mol. The van der Waals surface area contributed by atoms with Crippen molar-refractivity contribution in [3.8, 4) is 0 Å². The number of hydrogen-bond donors (Lipinski definition) is 3. The molecule has 0 atom stereocenters. The number of rotatable bonds is 5. The van der Waals surface area contributed by atoms with Gasteiger partial charge in [0.15, 0.2) is 0 Å². The van der Waals surface area contributed by atoms with Gasteiger partial charge < -0.3 is 16.0 Å². The summed E-state index contributed by atoms with van der Waals surface area (Å²) >= 11 is 0. The second-order valence-corrected chi connectivity index (χ2v) is 4.93. The number of nitrogens with two attached hydrogens (primary N) is 1. The summed E-state index contributed by atoms with van der Waals surface area (Å²) in [5.41, 5.74) is 8.43. The number of H-pyrrole nitrogens is 1. The Kier molecular flexibility index (Phi) is 3.59. The lowest BCUT2D eigenvalue weighted by Crippen LogP contribution is -2.29. The molecule has 0 saturated heterocycles. The predicted octanol–water partition coefficient (Wildman–Crippen LogP) is 1.31. The van der Waals surface area contributed by atoms with Crippen molar-refractivity contribution in [1.29, 1.82) is 0 Å². The van der Waals surface area contributed by atoms with Crippen molar-refractivity contribution >= 4 is 22.5 Å². The van der Waals surface area contributed by atoms with Crippen molar-refractivity contribution in [2.75, 3.05) is 12.3 Å². The number of carbonyl (C=O) groups is 1. The number of nitrogen functional groups attached to an aromatic ring is 1. The van der Waals surface area contributed by atoms with Gasteiger partial charge >= 0.3 is 0 Å². The van der Waals surface area contributed by atoms with Gasteiger partial charge in [0.05, 0.1) is 11.9 Å². The first-order valence-corrected chi connectivity index (χ1v) is 6.82. The standard InChI is InChI=1S/C15H17N5O/c16-12-8-19-20(9-12)10-15(21)17-6-5-11-7-18-14-4-2-1-3-13(11)14/h1-4,7-9,18H,5-6,10,16H2,(H,17,21). The van der Waals surface area contributed by atoms with Crippen LogP contribution in [-0.4, -0.2) is 27.2 Å². The molecule has 2 aromatic heterocycles. The summed E-state index contributed by atoms with van der Waals surface area (Å²) in [5.74, 6) is -0.0714. The van der Waals surface area contributed by atoms with Crippen molar-refractivity contribution in [3.05, 3.63) is 48.4 Å². The zero-order chi connectivity index (χ0) is 14.7. The quantitative estimate of drug-likeness (QED) is 0.659. The van der Waals surface area contributed by atoms with E-state index in [2.05, 4.69) is 21.5 Å². The number of aromatic nitrogens is 3. The Morgan fingerprint density at radius 3 is 3.05 bits per heavy atom. The number of aromatic amines is 1. The van der Waals surface area contributed by atoms with E-state index in [1.165, 1.54) is 21.8 Å². The van der Waals surface area contributed by atoms with E-state index in [0.29, 0.717) is 12.2 Å². The minimum atomic E-state index is -0.0714. The lowest BCUT2D eigenvalue weighted by atomic mass is 10.1. The van der Waals surface area contributed by atoms with Gasteiger partial charge in [0.1, 0.15) is 6.54 Å². The van der Waals surface area contributed by atoms with Crippen LogP contribution in [0.1, 0.15) is 5.56 Å². The van der Waals surface area contributed by atoms with Crippen LogP contribution < -0.4 is 11.1 Å². The second kappa shape index (κ2) is 5.70. The van der Waals surface area contributed by atoms with Crippen LogP contribution in [0.25, 0.3) is 10.9 Å². The maximum absolute atomic E-state index is 11.8. The van der Waals surface area contributed by atoms with E-state index in [1.54, 1.807) is 6.20 Å². The van der Waals surface area contributed by atoms with Crippen molar-refractivity contribution in [1.82, 2.24) is 20.1 Å². The molecule has 21 heavy (non-hydrogen) atoms. The van der Waals surface area contributed by atoms with E-state index >= 15 is 0 Å². The van der Waals surface area contributed by atoms with Gasteiger partial charge in [-0.25, -0.2) is 0 Å². The van der Waals surface area contributed by atoms with E-state index in [9.17, 15) is 4.79 Å². The third-order valence-corrected chi connectivity index (χ3v) is 3.35. The van der Waals surface area contributed by atoms with Crippen LogP contribution in [0.3, 0.4) is 0 Å². The Bertz CT molecular complexity index is 758. The van der Waals surface area contributed by atoms with Crippen LogP contribution in [-0.2, 0) is 17.8 Å². The Morgan fingerprint density at radius 2 is 2.24 bits per heavy atom. The van der Waals surface area contributed by atoms with Crippen molar-refractivity contribution in [2.24, 2.45) is 0 Å². The fraction of sp³-hybridized carbons (Fsp3) is 0.200. The molecule has 0 radical (unpaired) electrons. The van der Waals surface area contributed by atoms with E-state index in [1.807, 2.05) is 24.4 Å². The molecule has 1 aromatic carbocycles. The second-order valence-electron chi connectivity index (χ2n) is 4.93. The van der Waals surface area contributed by atoms with Crippen molar-refractivity contribution in [3.63, 3.8) is 0 Å². The fourth-order valence-corrected chi connectivity index (χ4v) is 2.34. The molecule has 3 aromatic rings. The summed E-state index contributed by atoms with van der Waals surface area (Å²) in [5, 5.41) is 8.07. The lowest BCUT2D eigenvalue weighted by molar-refractivity contribution is -0.121. The molecule has 0 fully saturated rings. The van der Waals surface area contributed by atoms with E-state index < -0.39 is 0 Å². The monoisotopic (exact) mass is 283 g/mol. The first kappa shape index (κ1) is 13.2. The van der Waals surface area contributed by atoms with Gasteiger partial charge in [0.2, 0.25) is 5.91 Å². The summed E-state index contributed by atoms with van der Waals surface area (Å²) in [4.78, 5) is 15.0. The van der Waals surface area contributed by atoms with Crippen molar-refractivity contribution in [2.45, 2.75) is 13.0 Å². The van der Waals surface area contributed by atoms with Gasteiger partial charge in [-0.3, -0.25) is 9.48 Å². The van der Waals surface area contributed by atoms with Gasteiger partial charge in [0.25, 0.3) is 0 Å². The van der Waals surface area contributed by atoms with Crippen LogP contribution >= 0.6 is 0 Å². The largest absolute Gasteiger partial charge is 0.396 e. The maximum Gasteiger partial charge on any atom is 0.241 e. The first-order valence-electron chi connectivity index (χ1n) is 6.82. The molecule has 108 valence electrons. The highest BCUT2D eigenvalue weighted by atomic mass is 16.2. The smallest absolute Gasteiger partial charge is 0.241 e. The molecule has 3 rings (SSSR count). The molecular weight excluding hydrogens is 266 g/mol. The summed E-state index contributed by atoms with van der Waals surface area (Å²) in [6.45, 7) is 0.780. The Hall–Kier alpha value is -2.76. The Morgan fingerprint density at radius 1 is 1.38 bits per heavy atom. The van der Waals surface area contributed by atoms with Crippen LogP contribution in [0.4, 0.5) is 5.69 Å².